The zero-order chi connectivity index (χ0) is 24.6. The molecule has 0 N–H and O–H groups in total. The lowest BCUT2D eigenvalue weighted by molar-refractivity contribution is -0.659. The van der Waals surface area contributed by atoms with Crippen LogP contribution in [-0.2, 0) is 13.5 Å². The Hall–Kier alpha value is -2.84. The monoisotopic (exact) mass is 476 g/mol. The summed E-state index contributed by atoms with van der Waals surface area (Å²) in [7, 11) is 2.22. The van der Waals surface area contributed by atoms with E-state index >= 15 is 0 Å². The Morgan fingerprint density at radius 2 is 1.63 bits per heavy atom. The van der Waals surface area contributed by atoms with Gasteiger partial charge in [0.25, 0.3) is 0 Å². The molecule has 6 rings (SSSR count). The van der Waals surface area contributed by atoms with Gasteiger partial charge in [-0.3, -0.25) is 0 Å². The van der Waals surface area contributed by atoms with Gasteiger partial charge in [0.15, 0.2) is 6.20 Å². The van der Waals surface area contributed by atoms with Gasteiger partial charge in [-0.05, 0) is 69.0 Å². The second-order valence-electron chi connectivity index (χ2n) is 11.7. The molecule has 1 aliphatic rings. The van der Waals surface area contributed by atoms with Crippen molar-refractivity contribution in [3.63, 3.8) is 0 Å². The predicted octanol–water partition coefficient (Wildman–Crippen LogP) is 9.12. The third-order valence-corrected chi connectivity index (χ3v) is 8.69. The molecule has 1 aliphatic heterocycles. The van der Waals surface area contributed by atoms with Crippen molar-refractivity contribution in [3.05, 3.63) is 77.5 Å². The number of benzene rings is 4. The Labute approximate surface area is 213 Å². The molecule has 5 aromatic rings. The lowest BCUT2D eigenvalue weighted by Gasteiger charge is -2.27. The van der Waals surface area contributed by atoms with E-state index < -0.39 is 0 Å². The molecule has 0 fully saturated rings. The van der Waals surface area contributed by atoms with Crippen LogP contribution in [0.2, 0.25) is 0 Å². The van der Waals surface area contributed by atoms with Crippen molar-refractivity contribution in [1.82, 2.24) is 0 Å². The highest BCUT2D eigenvalue weighted by Crippen LogP contribution is 2.54. The topological polar surface area (TPSA) is 3.88 Å². The van der Waals surface area contributed by atoms with Crippen LogP contribution in [0.15, 0.2) is 70.6 Å². The lowest BCUT2D eigenvalue weighted by atomic mass is 9.84. The number of pyridine rings is 1. The standard InChI is InChI=1S/C33H34NS/c1-19(2)27-24-14-9-8-13-23(24)20(3)28-31-30-25(15-16-34(31)7)29-21(17-26(30)35-32(27)28)11-10-12-22(29)18-33(4,5)6/h8-17,19H,18H2,1-7H3/q+1. The van der Waals surface area contributed by atoms with Crippen LogP contribution in [0, 0.1) is 12.3 Å². The number of nitrogens with zero attached hydrogens (tertiary/aromatic N) is 1. The molecule has 0 amide bonds. The fourth-order valence-corrected chi connectivity index (χ4v) is 7.69. The summed E-state index contributed by atoms with van der Waals surface area (Å²) in [6.07, 6.45) is 3.35. The second kappa shape index (κ2) is 7.83. The van der Waals surface area contributed by atoms with Crippen LogP contribution in [-0.4, -0.2) is 0 Å². The van der Waals surface area contributed by atoms with Crippen LogP contribution in [0.4, 0.5) is 0 Å². The van der Waals surface area contributed by atoms with Gasteiger partial charge in [-0.15, -0.1) is 0 Å². The van der Waals surface area contributed by atoms with Gasteiger partial charge in [0, 0.05) is 21.2 Å². The van der Waals surface area contributed by atoms with Crippen LogP contribution < -0.4 is 4.57 Å². The normalized spacial score (nSPS) is 13.3. The Bertz CT molecular complexity index is 1670. The highest BCUT2D eigenvalue weighted by atomic mass is 32.2. The highest BCUT2D eigenvalue weighted by Gasteiger charge is 2.33. The molecule has 0 saturated carbocycles. The molecule has 0 radical (unpaired) electrons. The lowest BCUT2D eigenvalue weighted by Crippen LogP contribution is -2.32. The molecule has 0 saturated heterocycles. The van der Waals surface area contributed by atoms with Gasteiger partial charge in [-0.25, -0.2) is 4.57 Å². The van der Waals surface area contributed by atoms with Crippen LogP contribution in [0.3, 0.4) is 0 Å². The summed E-state index contributed by atoms with van der Waals surface area (Å²) in [5, 5.41) is 8.36. The van der Waals surface area contributed by atoms with Crippen molar-refractivity contribution in [2.45, 2.75) is 63.7 Å². The van der Waals surface area contributed by atoms with Crippen molar-refractivity contribution in [2.24, 2.45) is 12.5 Å². The molecule has 1 nitrogen and oxygen atoms in total. The van der Waals surface area contributed by atoms with E-state index in [1.54, 1.807) is 0 Å². The first-order valence-corrected chi connectivity index (χ1v) is 13.6. The van der Waals surface area contributed by atoms with Gasteiger partial charge in [0.1, 0.15) is 7.05 Å². The van der Waals surface area contributed by atoms with Crippen molar-refractivity contribution in [2.75, 3.05) is 0 Å². The Morgan fingerprint density at radius 3 is 2.34 bits per heavy atom. The average molecular weight is 477 g/mol. The average Bonchev–Trinajstić information content (AvgIpc) is 2.79. The largest absolute Gasteiger partial charge is 0.222 e. The minimum Gasteiger partial charge on any atom is -0.200 e. The molecule has 0 spiro atoms. The maximum atomic E-state index is 2.45. The van der Waals surface area contributed by atoms with Crippen molar-refractivity contribution < 1.29 is 4.57 Å². The second-order valence-corrected chi connectivity index (χ2v) is 12.8. The number of rotatable bonds is 2. The van der Waals surface area contributed by atoms with E-state index in [0.29, 0.717) is 5.92 Å². The Balaban J connectivity index is 1.80. The van der Waals surface area contributed by atoms with Crippen molar-refractivity contribution in [1.29, 1.82) is 0 Å². The summed E-state index contributed by atoms with van der Waals surface area (Å²) in [6, 6.07) is 20.7. The number of hydrogen-bond acceptors (Lipinski definition) is 1. The first kappa shape index (κ1) is 22.6. The number of fused-ring (bicyclic) bond motifs is 5. The van der Waals surface area contributed by atoms with E-state index in [0.717, 1.165) is 6.42 Å². The zero-order valence-electron chi connectivity index (χ0n) is 21.9. The fraction of sp³-hybridized carbons (Fsp3) is 0.303. The van der Waals surface area contributed by atoms with Crippen LogP contribution in [0.1, 0.15) is 57.2 Å². The highest BCUT2D eigenvalue weighted by molar-refractivity contribution is 8.00. The molecule has 2 heteroatoms. The van der Waals surface area contributed by atoms with E-state index in [9.17, 15) is 0 Å². The molecular formula is C33H34NS+. The quantitative estimate of drug-likeness (QED) is 0.178. The van der Waals surface area contributed by atoms with Gasteiger partial charge in [-0.2, -0.15) is 0 Å². The number of hydrogen-bond donors (Lipinski definition) is 0. The molecule has 4 aromatic carbocycles. The molecule has 2 heterocycles. The zero-order valence-corrected chi connectivity index (χ0v) is 22.7. The first-order chi connectivity index (χ1) is 16.7. The maximum absolute atomic E-state index is 2.45. The van der Waals surface area contributed by atoms with Gasteiger partial charge < -0.3 is 0 Å². The SMILES string of the molecule is Cc1c2c(c(C(C)C)c3ccccc13)Sc1cc3cccc(CC(C)(C)C)c3c3cc[n+](C)c-2c13. The molecule has 1 aromatic heterocycles. The van der Waals surface area contributed by atoms with Crippen molar-refractivity contribution in [3.8, 4) is 11.3 Å². The summed E-state index contributed by atoms with van der Waals surface area (Å²) in [4.78, 5) is 2.83. The Morgan fingerprint density at radius 1 is 0.886 bits per heavy atom. The van der Waals surface area contributed by atoms with Gasteiger partial charge in [-0.1, -0.05) is 88.8 Å². The molecule has 176 valence electrons. The van der Waals surface area contributed by atoms with E-state index in [4.69, 9.17) is 0 Å². The van der Waals surface area contributed by atoms with E-state index in [1.165, 1.54) is 70.1 Å². The van der Waals surface area contributed by atoms with Gasteiger partial charge in [0.2, 0.25) is 5.69 Å². The molecule has 35 heavy (non-hydrogen) atoms. The van der Waals surface area contributed by atoms with Crippen LogP contribution >= 0.6 is 11.8 Å². The smallest absolute Gasteiger partial charge is 0.200 e. The predicted molar refractivity (Wildman–Crippen MR) is 152 cm³/mol. The molecular weight excluding hydrogens is 442 g/mol. The molecule has 0 atom stereocenters. The number of aryl methyl sites for hydroxylation is 2. The van der Waals surface area contributed by atoms with Crippen LogP contribution in [0.25, 0.3) is 43.6 Å². The summed E-state index contributed by atoms with van der Waals surface area (Å²) in [6.45, 7) is 14.0. The number of aromatic nitrogens is 1. The van der Waals surface area contributed by atoms with E-state index in [-0.39, 0.29) is 5.41 Å². The van der Waals surface area contributed by atoms with E-state index in [2.05, 4.69) is 114 Å². The van der Waals surface area contributed by atoms with Gasteiger partial charge in [0.05, 0.1) is 10.9 Å². The summed E-state index contributed by atoms with van der Waals surface area (Å²) < 4.78 is 2.36. The van der Waals surface area contributed by atoms with Crippen LogP contribution in [0.5, 0.6) is 0 Å². The third-order valence-electron chi connectivity index (χ3n) is 7.52. The molecule has 0 bridgehead atoms. The molecule has 0 unspecified atom stereocenters. The summed E-state index contributed by atoms with van der Waals surface area (Å²) in [5.41, 5.74) is 7.35. The van der Waals surface area contributed by atoms with Crippen molar-refractivity contribution >= 4 is 44.1 Å². The summed E-state index contributed by atoms with van der Waals surface area (Å²) in [5.74, 6) is 0.451. The van der Waals surface area contributed by atoms with Gasteiger partial charge >= 0.3 is 0 Å². The molecule has 0 aliphatic carbocycles. The minimum atomic E-state index is 0.238. The first-order valence-electron chi connectivity index (χ1n) is 12.8. The third kappa shape index (κ3) is 3.41. The minimum absolute atomic E-state index is 0.238. The maximum Gasteiger partial charge on any atom is 0.222 e. The summed E-state index contributed by atoms with van der Waals surface area (Å²) >= 11 is 1.99. The van der Waals surface area contributed by atoms with E-state index in [1.807, 2.05) is 11.8 Å². The Kier molecular flexibility index (Phi) is 5.06. The fourth-order valence-electron chi connectivity index (χ4n) is 6.17.